The zero-order valence-electron chi connectivity index (χ0n) is 17.0. The van der Waals surface area contributed by atoms with Crippen LogP contribution >= 0.6 is 0 Å². The van der Waals surface area contributed by atoms with Gasteiger partial charge in [-0.15, -0.1) is 0 Å². The highest BCUT2D eigenvalue weighted by Gasteiger charge is 2.18. The third-order valence-electron chi connectivity index (χ3n) is 5.86. The summed E-state index contributed by atoms with van der Waals surface area (Å²) in [5.74, 6) is 2.31. The molecule has 5 nitrogen and oxygen atoms in total. The van der Waals surface area contributed by atoms with Crippen molar-refractivity contribution in [1.82, 2.24) is 9.80 Å². The molecule has 2 aliphatic rings. The van der Waals surface area contributed by atoms with E-state index in [2.05, 4.69) is 28.9 Å². The molecule has 152 valence electrons. The smallest absolute Gasteiger partial charge is 0.161 e. The summed E-state index contributed by atoms with van der Waals surface area (Å²) in [4.78, 5) is 4.85. The van der Waals surface area contributed by atoms with Crippen molar-refractivity contribution in [3.63, 3.8) is 0 Å². The average molecular weight is 377 g/mol. The molecule has 2 fully saturated rings. The molecule has 0 saturated carbocycles. The van der Waals surface area contributed by atoms with Crippen LogP contribution in [0.1, 0.15) is 44.6 Å². The molecule has 1 N–H and O–H groups in total. The first kappa shape index (κ1) is 20.4. The number of likely N-dealkylation sites (tertiary alicyclic amines) is 2. The summed E-state index contributed by atoms with van der Waals surface area (Å²) in [6.07, 6.45) is 5.87. The lowest BCUT2D eigenvalue weighted by Crippen LogP contribution is -2.38. The van der Waals surface area contributed by atoms with Crippen LogP contribution in [0.3, 0.4) is 0 Å². The largest absolute Gasteiger partial charge is 0.493 e. The molecular weight excluding hydrogens is 340 g/mol. The first-order chi connectivity index (χ1) is 13.1. The van der Waals surface area contributed by atoms with E-state index in [0.717, 1.165) is 50.1 Å². The van der Waals surface area contributed by atoms with Gasteiger partial charge in [-0.25, -0.2) is 0 Å². The Morgan fingerprint density at radius 2 is 1.78 bits per heavy atom. The lowest BCUT2D eigenvalue weighted by atomic mass is 9.99. The fourth-order valence-corrected chi connectivity index (χ4v) is 4.09. The van der Waals surface area contributed by atoms with Gasteiger partial charge in [0.05, 0.1) is 7.11 Å². The topological polar surface area (TPSA) is 45.2 Å². The molecule has 1 unspecified atom stereocenters. The molecule has 3 rings (SSSR count). The number of aliphatic hydroxyl groups is 1. The van der Waals surface area contributed by atoms with Crippen molar-refractivity contribution >= 4 is 0 Å². The Kier molecular flexibility index (Phi) is 7.80. The van der Waals surface area contributed by atoms with Gasteiger partial charge in [-0.2, -0.15) is 0 Å². The predicted octanol–water partition coefficient (Wildman–Crippen LogP) is 3.15. The van der Waals surface area contributed by atoms with Crippen LogP contribution in [0.4, 0.5) is 0 Å². The van der Waals surface area contributed by atoms with Crippen LogP contribution in [-0.2, 0) is 6.54 Å². The van der Waals surface area contributed by atoms with Crippen LogP contribution in [0.15, 0.2) is 18.2 Å². The van der Waals surface area contributed by atoms with Crippen LogP contribution in [0, 0.1) is 5.92 Å². The van der Waals surface area contributed by atoms with Gasteiger partial charge >= 0.3 is 0 Å². The average Bonchev–Trinajstić information content (AvgIpc) is 2.69. The monoisotopic (exact) mass is 376 g/mol. The molecule has 1 aromatic rings. The van der Waals surface area contributed by atoms with Crippen molar-refractivity contribution in [3.8, 4) is 11.5 Å². The zero-order chi connectivity index (χ0) is 19.1. The van der Waals surface area contributed by atoms with Crippen LogP contribution < -0.4 is 9.47 Å². The molecule has 1 aromatic carbocycles. The first-order valence-corrected chi connectivity index (χ1v) is 10.6. The summed E-state index contributed by atoms with van der Waals surface area (Å²) in [5, 5.41) is 10.4. The Morgan fingerprint density at radius 1 is 1.04 bits per heavy atom. The van der Waals surface area contributed by atoms with Crippen molar-refractivity contribution in [1.29, 1.82) is 0 Å². The number of piperidine rings is 2. The second kappa shape index (κ2) is 10.3. The van der Waals surface area contributed by atoms with E-state index in [1.807, 2.05) is 6.07 Å². The third kappa shape index (κ3) is 6.37. The van der Waals surface area contributed by atoms with Crippen molar-refractivity contribution in [3.05, 3.63) is 23.8 Å². The van der Waals surface area contributed by atoms with Crippen LogP contribution in [0.2, 0.25) is 0 Å². The Balaban J connectivity index is 1.53. The maximum absolute atomic E-state index is 10.4. The zero-order valence-corrected chi connectivity index (χ0v) is 17.0. The molecule has 0 amide bonds. The summed E-state index contributed by atoms with van der Waals surface area (Å²) in [7, 11) is 1.66. The molecule has 0 radical (unpaired) electrons. The molecule has 0 aromatic heterocycles. The molecule has 5 heteroatoms. The van der Waals surface area contributed by atoms with Crippen molar-refractivity contribution in [2.24, 2.45) is 5.92 Å². The summed E-state index contributed by atoms with van der Waals surface area (Å²) in [5.41, 5.74) is 1.24. The first-order valence-electron chi connectivity index (χ1n) is 10.6. The Labute approximate surface area is 164 Å². The molecule has 27 heavy (non-hydrogen) atoms. The Morgan fingerprint density at radius 3 is 2.48 bits per heavy atom. The van der Waals surface area contributed by atoms with E-state index in [-0.39, 0.29) is 0 Å². The molecule has 0 bridgehead atoms. The fraction of sp³-hybridized carbons (Fsp3) is 0.727. The van der Waals surface area contributed by atoms with Gasteiger partial charge in [-0.05, 0) is 75.5 Å². The van der Waals surface area contributed by atoms with E-state index < -0.39 is 6.10 Å². The quantitative estimate of drug-likeness (QED) is 0.755. The standard InChI is InChI=1S/C22H36N2O3/c1-18-8-12-24(13-9-18)15-19-6-7-21(26-2)22(14-19)27-17-20(25)16-23-10-4-3-5-11-23/h6-7,14,18,20,25H,3-5,8-13,15-17H2,1-2H3. The Bertz CT molecular complexity index is 567. The van der Waals surface area contributed by atoms with Crippen molar-refractivity contribution in [2.75, 3.05) is 46.4 Å². The van der Waals surface area contributed by atoms with Gasteiger partial charge in [0, 0.05) is 13.1 Å². The number of β-amino-alcohol motifs (C(OH)–C–C–N with tert-alkyl or cyclic N) is 1. The van der Waals surface area contributed by atoms with Gasteiger partial charge in [0.2, 0.25) is 0 Å². The van der Waals surface area contributed by atoms with Gasteiger partial charge in [0.1, 0.15) is 12.7 Å². The molecule has 2 saturated heterocycles. The molecule has 0 aliphatic carbocycles. The van der Waals surface area contributed by atoms with Crippen LogP contribution in [0.5, 0.6) is 11.5 Å². The number of benzene rings is 1. The maximum atomic E-state index is 10.4. The van der Waals surface area contributed by atoms with Crippen molar-refractivity contribution in [2.45, 2.75) is 51.7 Å². The van der Waals surface area contributed by atoms with Gasteiger partial charge in [-0.3, -0.25) is 4.90 Å². The normalized spacial score (nSPS) is 21.1. The van der Waals surface area contributed by atoms with E-state index in [1.54, 1.807) is 7.11 Å². The van der Waals surface area contributed by atoms with Crippen molar-refractivity contribution < 1.29 is 14.6 Å². The highest BCUT2D eigenvalue weighted by molar-refractivity contribution is 5.43. The number of rotatable bonds is 8. The van der Waals surface area contributed by atoms with Gasteiger partial charge in [-0.1, -0.05) is 19.4 Å². The third-order valence-corrected chi connectivity index (χ3v) is 5.86. The summed E-state index contributed by atoms with van der Waals surface area (Å²) < 4.78 is 11.4. The molecular formula is C22H36N2O3. The predicted molar refractivity (Wildman–Crippen MR) is 108 cm³/mol. The lowest BCUT2D eigenvalue weighted by Gasteiger charge is -2.30. The molecule has 0 spiro atoms. The summed E-state index contributed by atoms with van der Waals surface area (Å²) in [6, 6.07) is 6.17. The van der Waals surface area contributed by atoms with Crippen LogP contribution in [-0.4, -0.2) is 67.5 Å². The van der Waals surface area contributed by atoms with E-state index >= 15 is 0 Å². The summed E-state index contributed by atoms with van der Waals surface area (Å²) >= 11 is 0. The van der Waals surface area contributed by atoms with E-state index in [9.17, 15) is 5.11 Å². The lowest BCUT2D eigenvalue weighted by molar-refractivity contribution is 0.0608. The molecule has 2 heterocycles. The number of ether oxygens (including phenoxy) is 2. The van der Waals surface area contributed by atoms with E-state index in [0.29, 0.717) is 13.2 Å². The maximum Gasteiger partial charge on any atom is 0.161 e. The molecule has 1 atom stereocenters. The van der Waals surface area contributed by atoms with E-state index in [1.165, 1.54) is 37.7 Å². The molecule has 2 aliphatic heterocycles. The highest BCUT2D eigenvalue weighted by atomic mass is 16.5. The second-order valence-corrected chi connectivity index (χ2v) is 8.27. The second-order valence-electron chi connectivity index (χ2n) is 8.27. The number of hydrogen-bond donors (Lipinski definition) is 1. The summed E-state index contributed by atoms with van der Waals surface area (Å²) in [6.45, 7) is 8.78. The minimum Gasteiger partial charge on any atom is -0.493 e. The van der Waals surface area contributed by atoms with Gasteiger partial charge in [0.15, 0.2) is 11.5 Å². The van der Waals surface area contributed by atoms with E-state index in [4.69, 9.17) is 9.47 Å². The number of hydrogen-bond acceptors (Lipinski definition) is 5. The highest BCUT2D eigenvalue weighted by Crippen LogP contribution is 2.29. The number of nitrogens with zero attached hydrogens (tertiary/aromatic N) is 2. The van der Waals surface area contributed by atoms with Gasteiger partial charge < -0.3 is 19.5 Å². The fourth-order valence-electron chi connectivity index (χ4n) is 4.09. The van der Waals surface area contributed by atoms with Gasteiger partial charge in [0.25, 0.3) is 0 Å². The number of aliphatic hydroxyl groups excluding tert-OH is 1. The van der Waals surface area contributed by atoms with Crippen LogP contribution in [0.25, 0.3) is 0 Å². The SMILES string of the molecule is COc1ccc(CN2CCC(C)CC2)cc1OCC(O)CN1CCCCC1. The number of methoxy groups -OCH3 is 1. The minimum absolute atomic E-state index is 0.303. The minimum atomic E-state index is -0.472. The Hall–Kier alpha value is -1.30.